The first-order valence-corrected chi connectivity index (χ1v) is 8.81. The highest BCUT2D eigenvalue weighted by atomic mass is 16.3. The number of allylic oxidation sites excluding steroid dienone is 2. The number of unbranched alkanes of at least 4 members (excludes halogenated alkanes) is 11. The van der Waals surface area contributed by atoms with E-state index in [9.17, 15) is 9.70 Å². The maximum absolute atomic E-state index is 10.8. The van der Waals surface area contributed by atoms with Crippen LogP contribution in [-0.2, 0) is 4.79 Å². The number of hydrogen-bond donors (Lipinski definition) is 0. The molecule has 0 amide bonds. The summed E-state index contributed by atoms with van der Waals surface area (Å²) in [5, 5.41) is 3.15. The zero-order valence-corrected chi connectivity index (χ0v) is 13.8. The number of carbonyl (C=O) groups is 1. The molecule has 0 aliphatic heterocycles. The minimum atomic E-state index is 0.680. The summed E-state index contributed by atoms with van der Waals surface area (Å²) in [6.45, 7) is 2.23. The molecule has 0 unspecified atom stereocenters. The van der Waals surface area contributed by atoms with Crippen molar-refractivity contribution < 1.29 is 4.79 Å². The quantitative estimate of drug-likeness (QED) is 0.190. The summed E-state index contributed by atoms with van der Waals surface area (Å²) in [5.74, 6) is 0. The molecule has 0 aromatic heterocycles. The minimum absolute atomic E-state index is 0.680. The van der Waals surface area contributed by atoms with Gasteiger partial charge in [0.2, 0.25) is 0 Å². The van der Waals surface area contributed by atoms with E-state index in [1.54, 1.807) is 0 Å². The van der Waals surface area contributed by atoms with Crippen LogP contribution in [0.1, 0.15) is 96.8 Å². The largest absolute Gasteiger partial charge is 0.303 e. The molecule has 122 valence electrons. The maximum atomic E-state index is 10.8. The third-order valence-corrected chi connectivity index (χ3v) is 3.81. The smallest absolute Gasteiger partial charge is 0.119 e. The van der Waals surface area contributed by atoms with Crippen molar-refractivity contribution in [1.82, 2.24) is 0 Å². The van der Waals surface area contributed by atoms with E-state index in [-0.39, 0.29) is 0 Å². The Bertz CT molecular complexity index is 274. The first-order valence-electron chi connectivity index (χ1n) is 8.81. The molecule has 0 saturated heterocycles. The van der Waals surface area contributed by atoms with Gasteiger partial charge in [-0.1, -0.05) is 64.4 Å². The lowest BCUT2D eigenvalue weighted by molar-refractivity contribution is -0.107. The summed E-state index contributed by atoms with van der Waals surface area (Å²) < 4.78 is 0. The van der Waals surface area contributed by atoms with Crippen molar-refractivity contribution in [3.05, 3.63) is 16.7 Å². The molecule has 21 heavy (non-hydrogen) atoms. The Balaban J connectivity index is 3.48. The predicted molar refractivity (Wildman–Crippen MR) is 90.3 cm³/mol. The highest BCUT2D eigenvalue weighted by Gasteiger charge is 1.98. The van der Waals surface area contributed by atoms with E-state index in [0.717, 1.165) is 56.9 Å². The van der Waals surface area contributed by atoms with Crippen molar-refractivity contribution in [3.63, 3.8) is 0 Å². The molecule has 0 fully saturated rings. The van der Waals surface area contributed by atoms with Gasteiger partial charge in [-0.2, -0.15) is 0 Å². The molecule has 0 N–H and O–H groups in total. The van der Waals surface area contributed by atoms with E-state index < -0.39 is 0 Å². The molecule has 3 nitrogen and oxygen atoms in total. The lowest BCUT2D eigenvalue weighted by Crippen LogP contribution is -1.84. The Labute approximate surface area is 130 Å². The van der Waals surface area contributed by atoms with Crippen LogP contribution in [0.5, 0.6) is 0 Å². The number of hydrogen-bond acceptors (Lipinski definition) is 3. The molecule has 0 saturated carbocycles. The van der Waals surface area contributed by atoms with Gasteiger partial charge in [0.25, 0.3) is 0 Å². The van der Waals surface area contributed by atoms with Gasteiger partial charge in [0.05, 0.1) is 5.70 Å². The molecule has 0 aliphatic carbocycles. The SMILES string of the molecule is CCCCCCCC/C=C(\CCCCCCCC=O)N=O. The third kappa shape index (κ3) is 15.2. The minimum Gasteiger partial charge on any atom is -0.303 e. The monoisotopic (exact) mass is 295 g/mol. The normalized spacial score (nSPS) is 11.6. The molecule has 0 aromatic rings. The molecule has 0 heterocycles. The third-order valence-electron chi connectivity index (χ3n) is 3.81. The van der Waals surface area contributed by atoms with Gasteiger partial charge in [0.1, 0.15) is 6.29 Å². The highest BCUT2D eigenvalue weighted by Crippen LogP contribution is 2.15. The zero-order valence-electron chi connectivity index (χ0n) is 13.8. The van der Waals surface area contributed by atoms with Gasteiger partial charge in [-0.05, 0) is 37.3 Å². The standard InChI is InChI=1S/C18H33NO2/c1-2-3-4-5-6-9-12-15-18(19-21)16-13-10-7-8-11-14-17-20/h15,17H,2-14,16H2,1H3/b18-15+. The molecule has 0 atom stereocenters. The molecular formula is C18H33NO2. The average Bonchev–Trinajstić information content (AvgIpc) is 2.51. The molecule has 0 aromatic carbocycles. The Morgan fingerprint density at radius 3 is 2.00 bits per heavy atom. The van der Waals surface area contributed by atoms with Crippen LogP contribution in [0.2, 0.25) is 0 Å². The second-order valence-corrected chi connectivity index (χ2v) is 5.82. The Morgan fingerprint density at radius 1 is 0.810 bits per heavy atom. The van der Waals surface area contributed by atoms with Gasteiger partial charge in [0.15, 0.2) is 0 Å². The molecule has 0 radical (unpaired) electrons. The second-order valence-electron chi connectivity index (χ2n) is 5.82. The summed E-state index contributed by atoms with van der Waals surface area (Å²) in [6, 6.07) is 0. The van der Waals surface area contributed by atoms with Crippen LogP contribution in [0, 0.1) is 4.91 Å². The van der Waals surface area contributed by atoms with Crippen LogP contribution < -0.4 is 0 Å². The molecule has 3 heteroatoms. The average molecular weight is 295 g/mol. The number of nitroso groups, excluding NO2 is 1. The lowest BCUT2D eigenvalue weighted by Gasteiger charge is -2.01. The van der Waals surface area contributed by atoms with Crippen LogP contribution in [-0.4, -0.2) is 6.29 Å². The number of rotatable bonds is 16. The van der Waals surface area contributed by atoms with Gasteiger partial charge < -0.3 is 4.79 Å². The number of carbonyl (C=O) groups excluding carboxylic acids is 1. The summed E-state index contributed by atoms with van der Waals surface area (Å²) in [4.78, 5) is 20.9. The van der Waals surface area contributed by atoms with Gasteiger partial charge in [0, 0.05) is 6.42 Å². The Morgan fingerprint density at radius 2 is 1.38 bits per heavy atom. The fourth-order valence-corrected chi connectivity index (χ4v) is 2.44. The van der Waals surface area contributed by atoms with Crippen molar-refractivity contribution in [1.29, 1.82) is 0 Å². The lowest BCUT2D eigenvalue weighted by atomic mass is 10.1. The zero-order chi connectivity index (χ0) is 15.6. The van der Waals surface area contributed by atoms with E-state index in [1.807, 2.05) is 6.08 Å². The van der Waals surface area contributed by atoms with Crippen LogP contribution >= 0.6 is 0 Å². The summed E-state index contributed by atoms with van der Waals surface area (Å²) in [5.41, 5.74) is 0.733. The summed E-state index contributed by atoms with van der Waals surface area (Å²) in [6.07, 6.45) is 18.6. The van der Waals surface area contributed by atoms with Crippen LogP contribution in [0.25, 0.3) is 0 Å². The van der Waals surface area contributed by atoms with Crippen LogP contribution in [0.3, 0.4) is 0 Å². The molecule has 0 spiro atoms. The molecule has 0 bridgehead atoms. The van der Waals surface area contributed by atoms with Crippen molar-refractivity contribution in [2.24, 2.45) is 5.18 Å². The molecule has 0 aliphatic rings. The first-order chi connectivity index (χ1) is 10.3. The maximum Gasteiger partial charge on any atom is 0.119 e. The van der Waals surface area contributed by atoms with Crippen molar-refractivity contribution >= 4 is 6.29 Å². The molecule has 0 rings (SSSR count). The number of aldehydes is 1. The summed E-state index contributed by atoms with van der Waals surface area (Å²) in [7, 11) is 0. The first kappa shape index (κ1) is 20.0. The van der Waals surface area contributed by atoms with Gasteiger partial charge >= 0.3 is 0 Å². The van der Waals surface area contributed by atoms with E-state index >= 15 is 0 Å². The topological polar surface area (TPSA) is 46.5 Å². The van der Waals surface area contributed by atoms with Gasteiger partial charge in [-0.15, -0.1) is 4.91 Å². The van der Waals surface area contributed by atoms with Crippen molar-refractivity contribution in [3.8, 4) is 0 Å². The van der Waals surface area contributed by atoms with Crippen molar-refractivity contribution in [2.45, 2.75) is 96.8 Å². The van der Waals surface area contributed by atoms with E-state index in [4.69, 9.17) is 0 Å². The summed E-state index contributed by atoms with van der Waals surface area (Å²) >= 11 is 0. The van der Waals surface area contributed by atoms with E-state index in [0.29, 0.717) is 6.42 Å². The van der Waals surface area contributed by atoms with E-state index in [1.165, 1.54) is 38.5 Å². The fourth-order valence-electron chi connectivity index (χ4n) is 2.44. The van der Waals surface area contributed by atoms with Crippen molar-refractivity contribution in [2.75, 3.05) is 0 Å². The Kier molecular flexibility index (Phi) is 16.3. The Hall–Kier alpha value is -0.990. The van der Waals surface area contributed by atoms with E-state index in [2.05, 4.69) is 12.1 Å². The predicted octanol–water partition coefficient (Wildman–Crippen LogP) is 6.32. The highest BCUT2D eigenvalue weighted by molar-refractivity contribution is 5.48. The fraction of sp³-hybridized carbons (Fsp3) is 0.833. The van der Waals surface area contributed by atoms with Gasteiger partial charge in [-0.3, -0.25) is 0 Å². The van der Waals surface area contributed by atoms with Crippen LogP contribution in [0.4, 0.5) is 0 Å². The molecular weight excluding hydrogens is 262 g/mol. The van der Waals surface area contributed by atoms with Gasteiger partial charge in [-0.25, -0.2) is 0 Å². The van der Waals surface area contributed by atoms with Crippen LogP contribution in [0.15, 0.2) is 16.9 Å². The second kappa shape index (κ2) is 17.1. The number of nitrogens with zero attached hydrogens (tertiary/aromatic N) is 1.